The number of hydrogen-bond donors (Lipinski definition) is 1. The quantitative estimate of drug-likeness (QED) is 0.521. The summed E-state index contributed by atoms with van der Waals surface area (Å²) < 4.78 is 0. The summed E-state index contributed by atoms with van der Waals surface area (Å²) in [5.41, 5.74) is 0.784. The molecule has 0 aliphatic carbocycles. The maximum Gasteiger partial charge on any atom is 0.416 e. The first-order valence-corrected chi connectivity index (χ1v) is 8.11. The highest BCUT2D eigenvalue weighted by Crippen LogP contribution is 2.41. The molecule has 0 bridgehead atoms. The van der Waals surface area contributed by atoms with Gasteiger partial charge in [-0.25, -0.2) is 9.69 Å². The van der Waals surface area contributed by atoms with Gasteiger partial charge in [-0.3, -0.25) is 4.98 Å². The Hall–Kier alpha value is -1.72. The third-order valence-corrected chi connectivity index (χ3v) is 4.33. The van der Waals surface area contributed by atoms with Crippen molar-refractivity contribution < 1.29 is 9.90 Å². The van der Waals surface area contributed by atoms with E-state index < -0.39 is 6.09 Å². The second-order valence-electron chi connectivity index (χ2n) is 4.83. The van der Waals surface area contributed by atoms with E-state index in [9.17, 15) is 9.90 Å². The van der Waals surface area contributed by atoms with E-state index in [-0.39, 0.29) is 16.4 Å². The maximum absolute atomic E-state index is 11.9. The lowest BCUT2D eigenvalue weighted by Crippen LogP contribution is -2.24. The number of anilines is 2. The summed E-state index contributed by atoms with van der Waals surface area (Å²) in [6, 6.07) is 9.36. The van der Waals surface area contributed by atoms with Crippen LogP contribution in [0.1, 0.15) is 0 Å². The zero-order chi connectivity index (χ0) is 17.4. The Morgan fingerprint density at radius 3 is 2.29 bits per heavy atom. The molecule has 2 aromatic carbocycles. The van der Waals surface area contributed by atoms with Crippen LogP contribution in [0.4, 0.5) is 16.2 Å². The van der Waals surface area contributed by atoms with Crippen molar-refractivity contribution in [3.8, 4) is 0 Å². The van der Waals surface area contributed by atoms with Gasteiger partial charge in [-0.1, -0.05) is 46.4 Å². The Bertz CT molecular complexity index is 942. The molecule has 8 heteroatoms. The van der Waals surface area contributed by atoms with E-state index in [0.29, 0.717) is 26.0 Å². The normalized spacial score (nSPS) is 10.8. The Kier molecular flexibility index (Phi) is 4.74. The van der Waals surface area contributed by atoms with Gasteiger partial charge in [0.05, 0.1) is 26.9 Å². The van der Waals surface area contributed by atoms with Crippen LogP contribution in [0.2, 0.25) is 20.1 Å². The van der Waals surface area contributed by atoms with Crippen molar-refractivity contribution in [3.63, 3.8) is 0 Å². The van der Waals surface area contributed by atoms with Gasteiger partial charge in [0.2, 0.25) is 0 Å². The van der Waals surface area contributed by atoms with Crippen molar-refractivity contribution in [2.75, 3.05) is 4.90 Å². The lowest BCUT2D eigenvalue weighted by atomic mass is 10.1. The predicted octanol–water partition coefficient (Wildman–Crippen LogP) is 6.66. The number of carbonyl (C=O) groups is 1. The number of nitrogens with zero attached hydrogens (tertiary/aromatic N) is 2. The molecule has 0 aliphatic rings. The fraction of sp³-hybridized carbons (Fsp3) is 0. The van der Waals surface area contributed by atoms with Gasteiger partial charge in [0, 0.05) is 21.6 Å². The first kappa shape index (κ1) is 17.1. The first-order chi connectivity index (χ1) is 11.4. The Labute approximate surface area is 157 Å². The zero-order valence-corrected chi connectivity index (χ0v) is 14.8. The number of halogens is 4. The van der Waals surface area contributed by atoms with Crippen molar-refractivity contribution in [3.05, 3.63) is 62.7 Å². The van der Waals surface area contributed by atoms with Gasteiger partial charge >= 0.3 is 6.09 Å². The SMILES string of the molecule is O=C(O)N(c1cc(Cl)cc(Cl)c1)c1c(Cl)cc(Cl)c2cccnc12. The van der Waals surface area contributed by atoms with Gasteiger partial charge in [-0.05, 0) is 36.4 Å². The Morgan fingerprint density at radius 2 is 1.67 bits per heavy atom. The van der Waals surface area contributed by atoms with Gasteiger partial charge < -0.3 is 5.11 Å². The summed E-state index contributed by atoms with van der Waals surface area (Å²) in [6.07, 6.45) is 0.272. The summed E-state index contributed by atoms with van der Waals surface area (Å²) in [4.78, 5) is 17.1. The van der Waals surface area contributed by atoms with Crippen LogP contribution in [-0.2, 0) is 0 Å². The van der Waals surface area contributed by atoms with Crippen LogP contribution in [0.3, 0.4) is 0 Å². The number of pyridine rings is 1. The minimum absolute atomic E-state index is 0.143. The van der Waals surface area contributed by atoms with Gasteiger partial charge in [0.15, 0.2) is 0 Å². The molecule has 3 aromatic rings. The molecule has 0 spiro atoms. The fourth-order valence-electron chi connectivity index (χ4n) is 2.37. The molecule has 0 saturated heterocycles. The molecule has 0 radical (unpaired) electrons. The van der Waals surface area contributed by atoms with Crippen LogP contribution >= 0.6 is 46.4 Å². The minimum atomic E-state index is -1.26. The van der Waals surface area contributed by atoms with Crippen LogP contribution in [0, 0.1) is 0 Å². The van der Waals surface area contributed by atoms with E-state index in [2.05, 4.69) is 4.98 Å². The number of amides is 1. The van der Waals surface area contributed by atoms with E-state index >= 15 is 0 Å². The molecule has 1 aromatic heterocycles. The molecule has 24 heavy (non-hydrogen) atoms. The van der Waals surface area contributed by atoms with Crippen molar-refractivity contribution >= 4 is 74.8 Å². The molecule has 0 unspecified atom stereocenters. The molecule has 1 N–H and O–H groups in total. The standard InChI is InChI=1S/C16H8Cl4N2O2/c17-8-4-9(18)6-10(5-8)22(16(23)24)15-13(20)7-12(19)11-2-1-3-21-14(11)15/h1-7H,(H,23,24). The largest absolute Gasteiger partial charge is 0.464 e. The van der Waals surface area contributed by atoms with E-state index in [1.54, 1.807) is 12.1 Å². The zero-order valence-electron chi connectivity index (χ0n) is 11.8. The van der Waals surface area contributed by atoms with E-state index in [1.807, 2.05) is 0 Å². The molecule has 0 fully saturated rings. The molecular weight excluding hydrogens is 394 g/mol. The van der Waals surface area contributed by atoms with Crippen molar-refractivity contribution in [2.45, 2.75) is 0 Å². The Balaban J connectivity index is 2.35. The molecule has 4 nitrogen and oxygen atoms in total. The fourth-order valence-corrected chi connectivity index (χ4v) is 3.49. The van der Waals surface area contributed by atoms with Crippen LogP contribution in [-0.4, -0.2) is 16.2 Å². The highest BCUT2D eigenvalue weighted by molar-refractivity contribution is 6.41. The number of hydrogen-bond acceptors (Lipinski definition) is 2. The number of carboxylic acid groups (broad SMARTS) is 1. The van der Waals surface area contributed by atoms with Crippen LogP contribution < -0.4 is 4.90 Å². The van der Waals surface area contributed by atoms with E-state index in [1.165, 1.54) is 30.5 Å². The second kappa shape index (κ2) is 6.65. The topological polar surface area (TPSA) is 53.4 Å². The van der Waals surface area contributed by atoms with Crippen molar-refractivity contribution in [1.29, 1.82) is 0 Å². The Morgan fingerprint density at radius 1 is 1.00 bits per heavy atom. The summed E-state index contributed by atoms with van der Waals surface area (Å²) in [6.45, 7) is 0. The molecule has 1 amide bonds. The van der Waals surface area contributed by atoms with Gasteiger partial charge in [-0.15, -0.1) is 0 Å². The molecular formula is C16H8Cl4N2O2. The highest BCUT2D eigenvalue weighted by atomic mass is 35.5. The van der Waals surface area contributed by atoms with Gasteiger partial charge in [0.25, 0.3) is 0 Å². The molecule has 0 atom stereocenters. The average molecular weight is 402 g/mol. The van der Waals surface area contributed by atoms with Crippen LogP contribution in [0.25, 0.3) is 10.9 Å². The molecule has 3 rings (SSSR count). The lowest BCUT2D eigenvalue weighted by Gasteiger charge is -2.22. The third kappa shape index (κ3) is 3.10. The molecule has 0 aliphatic heterocycles. The highest BCUT2D eigenvalue weighted by Gasteiger charge is 2.24. The number of benzene rings is 2. The van der Waals surface area contributed by atoms with Gasteiger partial charge in [-0.2, -0.15) is 0 Å². The lowest BCUT2D eigenvalue weighted by molar-refractivity contribution is 0.205. The van der Waals surface area contributed by atoms with Crippen LogP contribution in [0.15, 0.2) is 42.6 Å². The average Bonchev–Trinajstić information content (AvgIpc) is 2.50. The molecule has 0 saturated carbocycles. The summed E-state index contributed by atoms with van der Waals surface area (Å²) >= 11 is 24.5. The smallest absolute Gasteiger partial charge is 0.416 e. The maximum atomic E-state index is 11.9. The van der Waals surface area contributed by atoms with E-state index in [4.69, 9.17) is 46.4 Å². The van der Waals surface area contributed by atoms with Crippen LogP contribution in [0.5, 0.6) is 0 Å². The third-order valence-electron chi connectivity index (χ3n) is 3.29. The molecule has 1 heterocycles. The predicted molar refractivity (Wildman–Crippen MR) is 98.4 cm³/mol. The number of rotatable bonds is 2. The summed E-state index contributed by atoms with van der Waals surface area (Å²) in [5, 5.41) is 11.4. The monoisotopic (exact) mass is 400 g/mol. The molecule has 122 valence electrons. The summed E-state index contributed by atoms with van der Waals surface area (Å²) in [5.74, 6) is 0. The number of aromatic nitrogens is 1. The second-order valence-corrected chi connectivity index (χ2v) is 6.52. The summed E-state index contributed by atoms with van der Waals surface area (Å²) in [7, 11) is 0. The van der Waals surface area contributed by atoms with Crippen molar-refractivity contribution in [2.24, 2.45) is 0 Å². The minimum Gasteiger partial charge on any atom is -0.464 e. The van der Waals surface area contributed by atoms with E-state index in [0.717, 1.165) is 4.90 Å². The van der Waals surface area contributed by atoms with Crippen molar-refractivity contribution in [1.82, 2.24) is 4.98 Å². The van der Waals surface area contributed by atoms with Gasteiger partial charge in [0.1, 0.15) is 0 Å². The number of fused-ring (bicyclic) bond motifs is 1. The first-order valence-electron chi connectivity index (χ1n) is 6.60.